The van der Waals surface area contributed by atoms with Crippen molar-refractivity contribution in [1.82, 2.24) is 9.80 Å². The highest BCUT2D eigenvalue weighted by Gasteiger charge is 2.30. The Hall–Kier alpha value is -2.07. The second-order valence-electron chi connectivity index (χ2n) is 8.72. The van der Waals surface area contributed by atoms with Gasteiger partial charge in [0.15, 0.2) is 5.84 Å². The van der Waals surface area contributed by atoms with Crippen molar-refractivity contribution in [3.8, 4) is 0 Å². The van der Waals surface area contributed by atoms with Crippen molar-refractivity contribution in [3.63, 3.8) is 0 Å². The third-order valence-corrected chi connectivity index (χ3v) is 6.79. The first kappa shape index (κ1) is 20.2. The van der Waals surface area contributed by atoms with Crippen LogP contribution < -0.4 is 0 Å². The molecule has 0 aromatic rings. The van der Waals surface area contributed by atoms with E-state index >= 15 is 0 Å². The molecule has 0 radical (unpaired) electrons. The topological polar surface area (TPSA) is 28.1 Å². The van der Waals surface area contributed by atoms with Crippen LogP contribution in [0.1, 0.15) is 52.4 Å². The lowest BCUT2D eigenvalue weighted by molar-refractivity contribution is 0.0676. The number of rotatable bonds is 3. The first-order valence-electron chi connectivity index (χ1n) is 11.3. The average molecular weight is 394 g/mol. The first-order chi connectivity index (χ1) is 14.1. The molecule has 0 spiro atoms. The van der Waals surface area contributed by atoms with Crippen molar-refractivity contribution in [2.24, 2.45) is 16.8 Å². The highest BCUT2D eigenvalue weighted by atomic mass is 16.5. The lowest BCUT2D eigenvalue weighted by atomic mass is 9.80. The van der Waals surface area contributed by atoms with Crippen LogP contribution in [0.2, 0.25) is 0 Å². The number of morpholine rings is 1. The summed E-state index contributed by atoms with van der Waals surface area (Å²) in [6, 6.07) is 0. The molecule has 0 amide bonds. The molecule has 0 aromatic carbocycles. The van der Waals surface area contributed by atoms with Crippen LogP contribution in [0.3, 0.4) is 0 Å². The van der Waals surface area contributed by atoms with Gasteiger partial charge < -0.3 is 14.5 Å². The zero-order chi connectivity index (χ0) is 20.2. The van der Waals surface area contributed by atoms with E-state index in [0.29, 0.717) is 11.8 Å². The van der Waals surface area contributed by atoms with Gasteiger partial charge in [-0.1, -0.05) is 49.6 Å². The smallest absolute Gasteiger partial charge is 0.152 e. The quantitative estimate of drug-likeness (QED) is 0.643. The molecular weight excluding hydrogens is 358 g/mol. The van der Waals surface area contributed by atoms with Gasteiger partial charge in [-0.15, -0.1) is 0 Å². The van der Waals surface area contributed by atoms with Crippen molar-refractivity contribution < 1.29 is 4.74 Å². The van der Waals surface area contributed by atoms with Crippen LogP contribution >= 0.6 is 0 Å². The third kappa shape index (κ3) is 4.42. The van der Waals surface area contributed by atoms with Crippen LogP contribution in [0, 0.1) is 11.8 Å². The zero-order valence-corrected chi connectivity index (χ0v) is 18.1. The summed E-state index contributed by atoms with van der Waals surface area (Å²) >= 11 is 0. The van der Waals surface area contributed by atoms with E-state index in [-0.39, 0.29) is 0 Å². The van der Waals surface area contributed by atoms with Crippen LogP contribution in [0.15, 0.2) is 64.7 Å². The van der Waals surface area contributed by atoms with E-state index in [1.807, 2.05) is 6.20 Å². The molecule has 1 unspecified atom stereocenters. The second-order valence-corrected chi connectivity index (χ2v) is 8.72. The van der Waals surface area contributed by atoms with Gasteiger partial charge in [-0.2, -0.15) is 0 Å². The van der Waals surface area contributed by atoms with Gasteiger partial charge >= 0.3 is 0 Å². The van der Waals surface area contributed by atoms with Crippen LogP contribution in [0.25, 0.3) is 0 Å². The predicted octanol–water partition coefficient (Wildman–Crippen LogP) is 5.39. The molecule has 2 aliphatic heterocycles. The van der Waals surface area contributed by atoms with Crippen LogP contribution in [-0.4, -0.2) is 41.9 Å². The van der Waals surface area contributed by atoms with Gasteiger partial charge in [0.25, 0.3) is 0 Å². The third-order valence-electron chi connectivity index (χ3n) is 6.79. The number of hydrogen-bond donors (Lipinski definition) is 0. The molecule has 156 valence electrons. The fraction of sp³-hybridized carbons (Fsp3) is 0.560. The van der Waals surface area contributed by atoms with E-state index in [2.05, 4.69) is 54.7 Å². The maximum atomic E-state index is 5.54. The van der Waals surface area contributed by atoms with Gasteiger partial charge in [-0.05, 0) is 44.6 Å². The average Bonchev–Trinajstić information content (AvgIpc) is 2.77. The van der Waals surface area contributed by atoms with E-state index in [9.17, 15) is 0 Å². The molecule has 2 aliphatic carbocycles. The molecule has 29 heavy (non-hydrogen) atoms. The lowest BCUT2D eigenvalue weighted by Crippen LogP contribution is -2.44. The number of amidine groups is 1. The summed E-state index contributed by atoms with van der Waals surface area (Å²) in [5, 5.41) is 0. The molecule has 4 rings (SSSR count). The number of hydrogen-bond acceptors (Lipinski definition) is 4. The molecular formula is C25H35N3O. The number of aliphatic imine (C=N–C) groups is 1. The van der Waals surface area contributed by atoms with Gasteiger partial charge in [-0.25, -0.2) is 4.99 Å². The molecule has 0 aromatic heterocycles. The molecule has 2 heterocycles. The monoisotopic (exact) mass is 393 g/mol. The Morgan fingerprint density at radius 1 is 1.17 bits per heavy atom. The Morgan fingerprint density at radius 3 is 2.62 bits per heavy atom. The predicted molar refractivity (Wildman–Crippen MR) is 120 cm³/mol. The summed E-state index contributed by atoms with van der Waals surface area (Å²) in [6.07, 6.45) is 18.9. The zero-order valence-electron chi connectivity index (χ0n) is 18.1. The summed E-state index contributed by atoms with van der Waals surface area (Å²) < 4.78 is 5.54. The van der Waals surface area contributed by atoms with Gasteiger partial charge in [0.1, 0.15) is 0 Å². The molecule has 1 saturated carbocycles. The Labute approximate surface area is 176 Å². The summed E-state index contributed by atoms with van der Waals surface area (Å²) in [7, 11) is 0. The molecule has 0 bridgehead atoms. The number of allylic oxidation sites excluding steroid dienone is 5. The molecule has 0 N–H and O–H groups in total. The first-order valence-corrected chi connectivity index (χ1v) is 11.3. The normalized spacial score (nSPS) is 27.0. The highest BCUT2D eigenvalue weighted by Crippen LogP contribution is 2.38. The summed E-state index contributed by atoms with van der Waals surface area (Å²) in [5.41, 5.74) is 5.32. The maximum absolute atomic E-state index is 5.54. The fourth-order valence-corrected chi connectivity index (χ4v) is 5.04. The van der Waals surface area contributed by atoms with Crippen LogP contribution in [0.4, 0.5) is 0 Å². The summed E-state index contributed by atoms with van der Waals surface area (Å²) in [4.78, 5) is 9.36. The minimum absolute atomic E-state index is 0.395. The van der Waals surface area contributed by atoms with Crippen LogP contribution in [0.5, 0.6) is 0 Å². The van der Waals surface area contributed by atoms with Gasteiger partial charge in [0, 0.05) is 37.1 Å². The van der Waals surface area contributed by atoms with E-state index in [4.69, 9.17) is 9.73 Å². The Balaban J connectivity index is 1.65. The Morgan fingerprint density at radius 2 is 1.93 bits per heavy atom. The van der Waals surface area contributed by atoms with Gasteiger partial charge in [0.2, 0.25) is 0 Å². The minimum Gasteiger partial charge on any atom is -0.378 e. The molecule has 1 saturated heterocycles. The minimum atomic E-state index is 0.395. The van der Waals surface area contributed by atoms with Gasteiger partial charge in [-0.3, -0.25) is 0 Å². The number of ether oxygens (including phenoxy) is 1. The van der Waals surface area contributed by atoms with Crippen molar-refractivity contribution in [3.05, 3.63) is 59.7 Å². The number of nitrogens with zero attached hydrogens (tertiary/aromatic N) is 3. The molecule has 4 nitrogen and oxygen atoms in total. The largest absolute Gasteiger partial charge is 0.378 e. The van der Waals surface area contributed by atoms with E-state index < -0.39 is 0 Å². The molecule has 1 atom stereocenters. The van der Waals surface area contributed by atoms with Crippen molar-refractivity contribution >= 4 is 5.84 Å². The Bertz CT molecular complexity index is 774. The summed E-state index contributed by atoms with van der Waals surface area (Å²) in [6.45, 7) is 12.3. The van der Waals surface area contributed by atoms with E-state index in [1.54, 1.807) is 5.57 Å². The van der Waals surface area contributed by atoms with E-state index in [1.165, 1.54) is 43.4 Å². The maximum Gasteiger partial charge on any atom is 0.152 e. The van der Waals surface area contributed by atoms with Crippen molar-refractivity contribution in [2.75, 3.05) is 26.3 Å². The second kappa shape index (κ2) is 9.17. The fourth-order valence-electron chi connectivity index (χ4n) is 5.04. The highest BCUT2D eigenvalue weighted by molar-refractivity contribution is 5.98. The molecule has 4 aliphatic rings. The molecule has 4 heteroatoms. The SMILES string of the molecule is C=C1C(N2CCOCC2)=NC=CN1/C(=C(\C)C1CCCCC1)C1C=CC(C)=CC1. The van der Waals surface area contributed by atoms with Crippen molar-refractivity contribution in [1.29, 1.82) is 0 Å². The van der Waals surface area contributed by atoms with Crippen LogP contribution in [-0.2, 0) is 4.74 Å². The van der Waals surface area contributed by atoms with Gasteiger partial charge in [0.05, 0.1) is 18.9 Å². The molecule has 2 fully saturated rings. The standard InChI is InChI=1S/C25H35N3O/c1-19-9-11-23(12-10-19)24(20(2)22-7-5-4-6-8-22)28-14-13-26-25(21(28)3)27-15-17-29-18-16-27/h9-11,13-14,22-23H,3-8,12,15-18H2,1-2H3/b24-20+. The Kier molecular flexibility index (Phi) is 6.39. The summed E-state index contributed by atoms with van der Waals surface area (Å²) in [5.74, 6) is 2.08. The lowest BCUT2D eigenvalue weighted by Gasteiger charge is -2.39. The van der Waals surface area contributed by atoms with Crippen molar-refractivity contribution in [2.45, 2.75) is 52.4 Å². The van der Waals surface area contributed by atoms with E-state index in [0.717, 1.165) is 44.3 Å².